The van der Waals surface area contributed by atoms with Gasteiger partial charge in [-0.05, 0) is 51.4 Å². The average Bonchev–Trinajstić information content (AvgIpc) is 2.54. The fourth-order valence-corrected chi connectivity index (χ4v) is 4.13. The molecule has 2 heterocycles. The highest BCUT2D eigenvalue weighted by molar-refractivity contribution is 5.29. The van der Waals surface area contributed by atoms with Crippen LogP contribution < -0.4 is 0 Å². The Balaban J connectivity index is 1.57. The minimum atomic E-state index is -4.28. The van der Waals surface area contributed by atoms with Crippen LogP contribution in [0.5, 0.6) is 0 Å². The van der Waals surface area contributed by atoms with E-state index in [0.29, 0.717) is 18.2 Å². The molecule has 2 aliphatic heterocycles. The van der Waals surface area contributed by atoms with Crippen LogP contribution in [0.3, 0.4) is 0 Å². The number of hydrogen-bond donors (Lipinski definition) is 0. The van der Waals surface area contributed by atoms with E-state index in [1.165, 1.54) is 12.1 Å². The summed E-state index contributed by atoms with van der Waals surface area (Å²) in [5.74, 6) is 0. The number of piperidine rings is 1. The van der Waals surface area contributed by atoms with E-state index in [4.69, 9.17) is 4.74 Å². The number of rotatable bonds is 3. The summed E-state index contributed by atoms with van der Waals surface area (Å²) in [7, 11) is 0. The molecule has 0 bridgehead atoms. The molecule has 0 aliphatic carbocycles. The summed E-state index contributed by atoms with van der Waals surface area (Å²) in [5, 5.41) is 0. The molecule has 3 rings (SSSR count). The van der Waals surface area contributed by atoms with Gasteiger partial charge in [0.15, 0.2) is 0 Å². The molecular formula is C19H27F3N2O. The van der Waals surface area contributed by atoms with Crippen molar-refractivity contribution in [2.24, 2.45) is 0 Å². The maximum absolute atomic E-state index is 13.1. The third-order valence-corrected chi connectivity index (χ3v) is 5.24. The highest BCUT2D eigenvalue weighted by Crippen LogP contribution is 2.33. The van der Waals surface area contributed by atoms with Gasteiger partial charge >= 0.3 is 6.18 Å². The van der Waals surface area contributed by atoms with Crippen LogP contribution in [0.25, 0.3) is 0 Å². The predicted octanol–water partition coefficient (Wildman–Crippen LogP) is 3.78. The van der Waals surface area contributed by atoms with Gasteiger partial charge in [-0.2, -0.15) is 13.2 Å². The number of ether oxygens (including phenoxy) is 1. The number of halogens is 3. The first-order chi connectivity index (χ1) is 11.8. The molecule has 3 nitrogen and oxygen atoms in total. The van der Waals surface area contributed by atoms with Crippen molar-refractivity contribution in [2.75, 3.05) is 26.2 Å². The number of likely N-dealkylation sites (tertiary alicyclic amines) is 1. The predicted molar refractivity (Wildman–Crippen MR) is 91.3 cm³/mol. The Bertz CT molecular complexity index is 560. The Kier molecular flexibility index (Phi) is 5.71. The number of nitrogens with zero attached hydrogens (tertiary/aromatic N) is 2. The molecular weight excluding hydrogens is 329 g/mol. The molecule has 0 radical (unpaired) electrons. The Hall–Kier alpha value is -1.11. The van der Waals surface area contributed by atoms with Gasteiger partial charge in [-0.3, -0.25) is 9.80 Å². The molecule has 2 atom stereocenters. The monoisotopic (exact) mass is 356 g/mol. The number of morpholine rings is 1. The topological polar surface area (TPSA) is 15.7 Å². The molecule has 140 valence electrons. The largest absolute Gasteiger partial charge is 0.416 e. The zero-order chi connectivity index (χ0) is 18.0. The molecule has 0 N–H and O–H groups in total. The molecule has 25 heavy (non-hydrogen) atoms. The van der Waals surface area contributed by atoms with E-state index in [-0.39, 0.29) is 12.2 Å². The maximum Gasteiger partial charge on any atom is 0.416 e. The third kappa shape index (κ3) is 4.74. The van der Waals surface area contributed by atoms with Crippen molar-refractivity contribution in [3.63, 3.8) is 0 Å². The van der Waals surface area contributed by atoms with Crippen LogP contribution in [0, 0.1) is 0 Å². The van der Waals surface area contributed by atoms with Gasteiger partial charge in [-0.1, -0.05) is 18.2 Å². The second-order valence-electron chi connectivity index (χ2n) is 7.37. The summed E-state index contributed by atoms with van der Waals surface area (Å²) in [6.07, 6.45) is -1.77. The van der Waals surface area contributed by atoms with Crippen molar-refractivity contribution in [1.29, 1.82) is 0 Å². The van der Waals surface area contributed by atoms with Gasteiger partial charge in [0.25, 0.3) is 0 Å². The minimum absolute atomic E-state index is 0.250. The smallest absolute Gasteiger partial charge is 0.373 e. The Morgan fingerprint density at radius 1 is 1.04 bits per heavy atom. The summed E-state index contributed by atoms with van der Waals surface area (Å²) in [5.41, 5.74) is -0.130. The van der Waals surface area contributed by atoms with Crippen molar-refractivity contribution in [3.05, 3.63) is 35.4 Å². The Labute approximate surface area is 147 Å². The summed E-state index contributed by atoms with van der Waals surface area (Å²) >= 11 is 0. The first kappa shape index (κ1) is 18.7. The van der Waals surface area contributed by atoms with Crippen LogP contribution in [-0.2, 0) is 17.5 Å². The zero-order valence-corrected chi connectivity index (χ0v) is 14.9. The Morgan fingerprint density at radius 2 is 1.64 bits per heavy atom. The SMILES string of the molecule is CC1CN(C2CCN(Cc3ccccc3C(F)(F)F)CC2)CC(C)O1. The van der Waals surface area contributed by atoms with Gasteiger partial charge in [-0.15, -0.1) is 0 Å². The van der Waals surface area contributed by atoms with E-state index < -0.39 is 11.7 Å². The molecule has 1 aromatic rings. The van der Waals surface area contributed by atoms with Crippen LogP contribution >= 0.6 is 0 Å². The van der Waals surface area contributed by atoms with Crippen molar-refractivity contribution < 1.29 is 17.9 Å². The lowest BCUT2D eigenvalue weighted by Crippen LogP contribution is -2.53. The van der Waals surface area contributed by atoms with Crippen molar-refractivity contribution in [2.45, 2.75) is 57.7 Å². The summed E-state index contributed by atoms with van der Waals surface area (Å²) in [6, 6.07) is 6.44. The van der Waals surface area contributed by atoms with Crippen LogP contribution in [0.15, 0.2) is 24.3 Å². The van der Waals surface area contributed by atoms with E-state index in [1.54, 1.807) is 12.1 Å². The zero-order valence-electron chi connectivity index (χ0n) is 14.9. The minimum Gasteiger partial charge on any atom is -0.373 e. The lowest BCUT2D eigenvalue weighted by Gasteiger charge is -2.43. The lowest BCUT2D eigenvalue weighted by atomic mass is 9.99. The molecule has 0 amide bonds. The Morgan fingerprint density at radius 3 is 2.24 bits per heavy atom. The first-order valence-electron chi connectivity index (χ1n) is 9.10. The summed E-state index contributed by atoms with van der Waals surface area (Å²) in [4.78, 5) is 4.65. The average molecular weight is 356 g/mol. The van der Waals surface area contributed by atoms with Crippen molar-refractivity contribution in [1.82, 2.24) is 9.80 Å². The molecule has 2 aliphatic rings. The fourth-order valence-electron chi connectivity index (χ4n) is 4.13. The van der Waals surface area contributed by atoms with E-state index in [9.17, 15) is 13.2 Å². The van der Waals surface area contributed by atoms with Gasteiger partial charge in [-0.25, -0.2) is 0 Å². The van der Waals surface area contributed by atoms with Crippen molar-refractivity contribution in [3.8, 4) is 0 Å². The summed E-state index contributed by atoms with van der Waals surface area (Å²) in [6.45, 7) is 8.17. The van der Waals surface area contributed by atoms with Gasteiger partial charge < -0.3 is 4.74 Å². The van der Waals surface area contributed by atoms with Crippen LogP contribution in [0.2, 0.25) is 0 Å². The van der Waals surface area contributed by atoms with Crippen LogP contribution in [0.1, 0.15) is 37.8 Å². The van der Waals surface area contributed by atoms with Gasteiger partial charge in [0.1, 0.15) is 0 Å². The molecule has 0 aromatic heterocycles. The van der Waals surface area contributed by atoms with E-state index in [1.807, 2.05) is 0 Å². The van der Waals surface area contributed by atoms with Gasteiger partial charge in [0, 0.05) is 25.7 Å². The highest BCUT2D eigenvalue weighted by atomic mass is 19.4. The fraction of sp³-hybridized carbons (Fsp3) is 0.684. The maximum atomic E-state index is 13.1. The van der Waals surface area contributed by atoms with E-state index in [2.05, 4.69) is 23.6 Å². The number of alkyl halides is 3. The molecule has 2 saturated heterocycles. The van der Waals surface area contributed by atoms with Gasteiger partial charge in [0.2, 0.25) is 0 Å². The first-order valence-corrected chi connectivity index (χ1v) is 9.10. The molecule has 0 saturated carbocycles. The highest BCUT2D eigenvalue weighted by Gasteiger charge is 2.34. The van der Waals surface area contributed by atoms with Crippen molar-refractivity contribution >= 4 is 0 Å². The standard InChI is InChI=1S/C19H27F3N2O/c1-14-11-24(12-15(2)25-14)17-7-9-23(10-8-17)13-16-5-3-4-6-18(16)19(20,21)22/h3-6,14-15,17H,7-13H2,1-2H3. The number of benzene rings is 1. The van der Waals surface area contributed by atoms with Gasteiger partial charge in [0.05, 0.1) is 17.8 Å². The van der Waals surface area contributed by atoms with E-state index in [0.717, 1.165) is 39.0 Å². The number of hydrogen-bond acceptors (Lipinski definition) is 3. The van der Waals surface area contributed by atoms with E-state index >= 15 is 0 Å². The second kappa shape index (κ2) is 7.64. The molecule has 1 aromatic carbocycles. The lowest BCUT2D eigenvalue weighted by molar-refractivity contribution is -0.138. The molecule has 2 fully saturated rings. The quantitative estimate of drug-likeness (QED) is 0.820. The van der Waals surface area contributed by atoms with Crippen LogP contribution in [0.4, 0.5) is 13.2 Å². The molecule has 6 heteroatoms. The summed E-state index contributed by atoms with van der Waals surface area (Å²) < 4.78 is 45.2. The molecule has 2 unspecified atom stereocenters. The third-order valence-electron chi connectivity index (χ3n) is 5.24. The normalized spacial score (nSPS) is 27.6. The second-order valence-corrected chi connectivity index (χ2v) is 7.37. The van der Waals surface area contributed by atoms with Crippen LogP contribution in [-0.4, -0.2) is 54.2 Å². The molecule has 0 spiro atoms.